The van der Waals surface area contributed by atoms with Gasteiger partial charge in [0.25, 0.3) is 0 Å². The van der Waals surface area contributed by atoms with Gasteiger partial charge in [-0.05, 0) is 12.1 Å². The van der Waals surface area contributed by atoms with E-state index in [1.54, 1.807) is 24.3 Å². The number of carboxylic acid groups (broad SMARTS) is 2. The molecule has 0 radical (unpaired) electrons. The number of carboxylic acids is 2. The Morgan fingerprint density at radius 2 is 1.83 bits per heavy atom. The summed E-state index contributed by atoms with van der Waals surface area (Å²) in [6, 6.07) is 10.6. The first kappa shape index (κ1) is 12.0. The highest BCUT2D eigenvalue weighted by Gasteiger charge is 2.24. The number of hydrogen-bond donors (Lipinski definition) is 2. The van der Waals surface area contributed by atoms with E-state index in [2.05, 4.69) is 4.98 Å². The molecular formula is C13H11NO4. The summed E-state index contributed by atoms with van der Waals surface area (Å²) >= 11 is 0. The van der Waals surface area contributed by atoms with Crippen LogP contribution in [0.4, 0.5) is 0 Å². The standard InChI is InChI=1S/C13H11NO4/c15-12(16)7-9(13(17)18)11-6-5-8-3-1-2-4-10(8)14-11/h1-6,9H,7H2,(H,15,16)(H,17,18). The Hall–Kier alpha value is -2.43. The minimum atomic E-state index is -1.18. The van der Waals surface area contributed by atoms with Gasteiger partial charge in [-0.2, -0.15) is 0 Å². The maximum absolute atomic E-state index is 11.1. The van der Waals surface area contributed by atoms with Gasteiger partial charge >= 0.3 is 11.9 Å². The fourth-order valence-electron chi connectivity index (χ4n) is 1.77. The summed E-state index contributed by atoms with van der Waals surface area (Å²) in [5, 5.41) is 18.7. The summed E-state index contributed by atoms with van der Waals surface area (Å²) in [4.78, 5) is 25.9. The van der Waals surface area contributed by atoms with Gasteiger partial charge < -0.3 is 10.2 Å². The molecule has 0 spiro atoms. The summed E-state index contributed by atoms with van der Waals surface area (Å²) in [7, 11) is 0. The van der Waals surface area contributed by atoms with E-state index in [1.165, 1.54) is 0 Å². The van der Waals surface area contributed by atoms with Crippen molar-refractivity contribution in [1.29, 1.82) is 0 Å². The fraction of sp³-hybridized carbons (Fsp3) is 0.154. The molecule has 0 bridgehead atoms. The van der Waals surface area contributed by atoms with Crippen LogP contribution >= 0.6 is 0 Å². The van der Waals surface area contributed by atoms with E-state index in [4.69, 9.17) is 10.2 Å². The average Bonchev–Trinajstić information content (AvgIpc) is 2.35. The zero-order chi connectivity index (χ0) is 13.1. The molecule has 1 unspecified atom stereocenters. The Kier molecular flexibility index (Phi) is 3.23. The average molecular weight is 245 g/mol. The Balaban J connectivity index is 2.44. The Morgan fingerprint density at radius 3 is 2.50 bits per heavy atom. The van der Waals surface area contributed by atoms with Gasteiger partial charge in [0.15, 0.2) is 0 Å². The topological polar surface area (TPSA) is 87.5 Å². The smallest absolute Gasteiger partial charge is 0.313 e. The fourth-order valence-corrected chi connectivity index (χ4v) is 1.77. The van der Waals surface area contributed by atoms with Crippen molar-refractivity contribution in [2.24, 2.45) is 0 Å². The highest BCUT2D eigenvalue weighted by Crippen LogP contribution is 2.21. The second kappa shape index (κ2) is 4.83. The molecule has 0 aliphatic heterocycles. The molecule has 0 aliphatic carbocycles. The Morgan fingerprint density at radius 1 is 1.11 bits per heavy atom. The third-order valence-corrected chi connectivity index (χ3v) is 2.65. The molecule has 18 heavy (non-hydrogen) atoms. The number of rotatable bonds is 4. The predicted octanol–water partition coefficient (Wildman–Crippen LogP) is 1.88. The molecule has 1 aromatic carbocycles. The van der Waals surface area contributed by atoms with E-state index in [-0.39, 0.29) is 5.69 Å². The lowest BCUT2D eigenvalue weighted by molar-refractivity contribution is -0.145. The van der Waals surface area contributed by atoms with Crippen molar-refractivity contribution in [1.82, 2.24) is 4.98 Å². The second-order valence-electron chi connectivity index (χ2n) is 3.92. The van der Waals surface area contributed by atoms with Crippen molar-refractivity contribution in [2.45, 2.75) is 12.3 Å². The van der Waals surface area contributed by atoms with E-state index >= 15 is 0 Å². The maximum atomic E-state index is 11.1. The van der Waals surface area contributed by atoms with Gasteiger partial charge in [0, 0.05) is 5.39 Å². The van der Waals surface area contributed by atoms with Crippen LogP contribution in [0.5, 0.6) is 0 Å². The van der Waals surface area contributed by atoms with Crippen LogP contribution in [0.25, 0.3) is 10.9 Å². The van der Waals surface area contributed by atoms with Crippen LogP contribution in [0.15, 0.2) is 36.4 Å². The molecular weight excluding hydrogens is 234 g/mol. The van der Waals surface area contributed by atoms with Gasteiger partial charge in [-0.1, -0.05) is 24.3 Å². The number of aromatic nitrogens is 1. The van der Waals surface area contributed by atoms with Gasteiger partial charge in [0.1, 0.15) is 5.92 Å². The van der Waals surface area contributed by atoms with Gasteiger partial charge in [0.2, 0.25) is 0 Å². The van der Waals surface area contributed by atoms with Crippen LogP contribution in [-0.2, 0) is 9.59 Å². The number of carbonyl (C=O) groups is 2. The summed E-state index contributed by atoms with van der Waals surface area (Å²) in [6.45, 7) is 0. The zero-order valence-electron chi connectivity index (χ0n) is 9.41. The molecule has 0 saturated carbocycles. The molecule has 92 valence electrons. The van der Waals surface area contributed by atoms with Crippen molar-refractivity contribution in [3.05, 3.63) is 42.1 Å². The SMILES string of the molecule is O=C(O)CC(C(=O)O)c1ccc2ccccc2n1. The Bertz CT molecular complexity index is 609. The van der Waals surface area contributed by atoms with Crippen LogP contribution in [0.1, 0.15) is 18.0 Å². The van der Waals surface area contributed by atoms with Crippen LogP contribution in [0.3, 0.4) is 0 Å². The summed E-state index contributed by atoms with van der Waals surface area (Å²) in [5.41, 5.74) is 0.926. The van der Waals surface area contributed by atoms with Gasteiger partial charge in [-0.25, -0.2) is 0 Å². The summed E-state index contributed by atoms with van der Waals surface area (Å²) in [6.07, 6.45) is -0.472. The number of fused-ring (bicyclic) bond motifs is 1. The summed E-state index contributed by atoms with van der Waals surface area (Å²) < 4.78 is 0. The van der Waals surface area contributed by atoms with Crippen LogP contribution < -0.4 is 0 Å². The maximum Gasteiger partial charge on any atom is 0.313 e. The molecule has 0 aliphatic rings. The van der Waals surface area contributed by atoms with Crippen LogP contribution in [-0.4, -0.2) is 27.1 Å². The van der Waals surface area contributed by atoms with Crippen molar-refractivity contribution in [3.8, 4) is 0 Å². The Labute approximate surface area is 103 Å². The molecule has 5 heteroatoms. The lowest BCUT2D eigenvalue weighted by atomic mass is 10.0. The zero-order valence-corrected chi connectivity index (χ0v) is 9.41. The number of hydrogen-bond acceptors (Lipinski definition) is 3. The van der Waals surface area contributed by atoms with E-state index in [0.717, 1.165) is 5.39 Å². The van der Waals surface area contributed by atoms with Crippen molar-refractivity contribution in [3.63, 3.8) is 0 Å². The number of benzene rings is 1. The third-order valence-electron chi connectivity index (χ3n) is 2.65. The number of nitrogens with zero attached hydrogens (tertiary/aromatic N) is 1. The van der Waals surface area contributed by atoms with Crippen molar-refractivity contribution >= 4 is 22.8 Å². The van der Waals surface area contributed by atoms with E-state index in [0.29, 0.717) is 5.52 Å². The number of pyridine rings is 1. The monoisotopic (exact) mass is 245 g/mol. The largest absolute Gasteiger partial charge is 0.481 e. The van der Waals surface area contributed by atoms with E-state index in [9.17, 15) is 9.59 Å². The number of para-hydroxylation sites is 1. The molecule has 1 heterocycles. The third kappa shape index (κ3) is 2.45. The van der Waals surface area contributed by atoms with Crippen LogP contribution in [0.2, 0.25) is 0 Å². The quantitative estimate of drug-likeness (QED) is 0.858. The molecule has 0 fully saturated rings. The van der Waals surface area contributed by atoms with E-state index in [1.807, 2.05) is 12.1 Å². The molecule has 0 amide bonds. The summed E-state index contributed by atoms with van der Waals surface area (Å²) in [5.74, 6) is -3.45. The van der Waals surface area contributed by atoms with Gasteiger partial charge in [-0.15, -0.1) is 0 Å². The molecule has 2 N–H and O–H groups in total. The lowest BCUT2D eigenvalue weighted by Gasteiger charge is -2.10. The highest BCUT2D eigenvalue weighted by atomic mass is 16.4. The second-order valence-corrected chi connectivity index (χ2v) is 3.92. The molecule has 5 nitrogen and oxygen atoms in total. The molecule has 0 saturated heterocycles. The lowest BCUT2D eigenvalue weighted by Crippen LogP contribution is -2.17. The van der Waals surface area contributed by atoms with Crippen LogP contribution in [0, 0.1) is 0 Å². The molecule has 1 aromatic heterocycles. The van der Waals surface area contributed by atoms with Gasteiger partial charge in [0.05, 0.1) is 17.6 Å². The first-order valence-electron chi connectivity index (χ1n) is 5.38. The normalized spacial score (nSPS) is 12.2. The first-order valence-corrected chi connectivity index (χ1v) is 5.38. The highest BCUT2D eigenvalue weighted by molar-refractivity contribution is 5.84. The minimum absolute atomic E-state index is 0.267. The molecule has 2 rings (SSSR count). The predicted molar refractivity (Wildman–Crippen MR) is 64.4 cm³/mol. The molecule has 1 atom stereocenters. The molecule has 2 aromatic rings. The van der Waals surface area contributed by atoms with Gasteiger partial charge in [-0.3, -0.25) is 14.6 Å². The van der Waals surface area contributed by atoms with E-state index < -0.39 is 24.3 Å². The van der Waals surface area contributed by atoms with Crippen molar-refractivity contribution < 1.29 is 19.8 Å². The number of aliphatic carboxylic acids is 2. The minimum Gasteiger partial charge on any atom is -0.481 e. The van der Waals surface area contributed by atoms with Crippen molar-refractivity contribution in [2.75, 3.05) is 0 Å². The first-order chi connectivity index (χ1) is 8.58.